The predicted molar refractivity (Wildman–Crippen MR) is 44.1 cm³/mol. The number of aromatic nitrogens is 2. The largest absolute Gasteiger partial charge is 0.488 e. The first-order valence-electron chi connectivity index (χ1n) is 3.71. The van der Waals surface area contributed by atoms with Crippen molar-refractivity contribution in [3.63, 3.8) is 0 Å². The van der Waals surface area contributed by atoms with Gasteiger partial charge in [-0.05, 0) is 12.2 Å². The van der Waals surface area contributed by atoms with Crippen molar-refractivity contribution in [3.05, 3.63) is 48.8 Å². The van der Waals surface area contributed by atoms with Crippen molar-refractivity contribution in [2.24, 2.45) is 0 Å². The summed E-state index contributed by atoms with van der Waals surface area (Å²) >= 11 is 0. The van der Waals surface area contributed by atoms with E-state index in [-0.39, 0.29) is 6.10 Å². The molecule has 1 unspecified atom stereocenters. The van der Waals surface area contributed by atoms with E-state index >= 15 is 0 Å². The summed E-state index contributed by atoms with van der Waals surface area (Å²) in [6, 6.07) is 0. The first-order valence-corrected chi connectivity index (χ1v) is 3.71. The third kappa shape index (κ3) is 1.34. The van der Waals surface area contributed by atoms with E-state index in [2.05, 4.69) is 9.97 Å². The zero-order valence-electron chi connectivity index (χ0n) is 6.42. The van der Waals surface area contributed by atoms with Crippen molar-refractivity contribution in [2.45, 2.75) is 6.10 Å². The van der Waals surface area contributed by atoms with Crippen molar-refractivity contribution in [3.8, 4) is 0 Å². The maximum absolute atomic E-state index is 5.29. The van der Waals surface area contributed by atoms with Gasteiger partial charge in [-0.3, -0.25) is 9.97 Å². The molecule has 12 heavy (non-hydrogen) atoms. The first kappa shape index (κ1) is 7.03. The van der Waals surface area contributed by atoms with Crippen LogP contribution in [0.5, 0.6) is 0 Å². The van der Waals surface area contributed by atoms with E-state index in [0.29, 0.717) is 0 Å². The summed E-state index contributed by atoms with van der Waals surface area (Å²) in [5.41, 5.74) is 0.832. The van der Waals surface area contributed by atoms with E-state index in [0.717, 1.165) is 5.69 Å². The zero-order chi connectivity index (χ0) is 8.23. The van der Waals surface area contributed by atoms with Crippen LogP contribution in [0.1, 0.15) is 11.8 Å². The number of ether oxygens (including phenoxy) is 1. The van der Waals surface area contributed by atoms with E-state index in [4.69, 9.17) is 4.74 Å². The second-order valence-corrected chi connectivity index (χ2v) is 2.40. The second kappa shape index (κ2) is 3.17. The summed E-state index contributed by atoms with van der Waals surface area (Å²) in [6.07, 6.45) is 12.3. The molecule has 2 rings (SSSR count). The Morgan fingerprint density at radius 1 is 1.25 bits per heavy atom. The van der Waals surface area contributed by atoms with Crippen molar-refractivity contribution < 1.29 is 4.74 Å². The fourth-order valence-electron chi connectivity index (χ4n) is 1.01. The molecule has 1 aromatic rings. The topological polar surface area (TPSA) is 35.0 Å². The van der Waals surface area contributed by atoms with Gasteiger partial charge in [0.1, 0.15) is 5.69 Å². The smallest absolute Gasteiger partial charge is 0.160 e. The molecule has 0 bridgehead atoms. The Hall–Kier alpha value is -1.64. The molecule has 3 nitrogen and oxygen atoms in total. The van der Waals surface area contributed by atoms with E-state index in [1.54, 1.807) is 24.9 Å². The van der Waals surface area contributed by atoms with Crippen molar-refractivity contribution in [1.29, 1.82) is 0 Å². The highest BCUT2D eigenvalue weighted by Gasteiger charge is 2.09. The molecule has 0 saturated carbocycles. The van der Waals surface area contributed by atoms with Gasteiger partial charge in [-0.2, -0.15) is 0 Å². The number of rotatable bonds is 1. The standard InChI is InChI=1S/C9H8N2O/c1-2-6-12-9(3-1)8-7-10-4-5-11-8/h1-7,9H. The minimum Gasteiger partial charge on any atom is -0.488 e. The highest BCUT2D eigenvalue weighted by atomic mass is 16.5. The maximum atomic E-state index is 5.29. The first-order chi connectivity index (χ1) is 5.97. The van der Waals surface area contributed by atoms with Crippen molar-refractivity contribution in [1.82, 2.24) is 9.97 Å². The molecule has 2 heterocycles. The summed E-state index contributed by atoms with van der Waals surface area (Å²) < 4.78 is 5.29. The Labute approximate surface area is 70.4 Å². The zero-order valence-corrected chi connectivity index (χ0v) is 6.42. The molecule has 1 aliphatic rings. The molecule has 0 N–H and O–H groups in total. The van der Waals surface area contributed by atoms with Gasteiger partial charge in [-0.1, -0.05) is 6.08 Å². The maximum Gasteiger partial charge on any atom is 0.160 e. The summed E-state index contributed by atoms with van der Waals surface area (Å²) in [4.78, 5) is 8.09. The molecule has 1 aliphatic heterocycles. The number of hydrogen-bond donors (Lipinski definition) is 0. The van der Waals surface area contributed by atoms with Crippen molar-refractivity contribution >= 4 is 0 Å². The highest BCUT2D eigenvalue weighted by molar-refractivity contribution is 5.15. The number of hydrogen-bond acceptors (Lipinski definition) is 3. The van der Waals surface area contributed by atoms with Gasteiger partial charge < -0.3 is 4.74 Å². The number of nitrogens with zero attached hydrogens (tertiary/aromatic N) is 2. The van der Waals surface area contributed by atoms with Gasteiger partial charge in [0, 0.05) is 12.4 Å². The third-order valence-corrected chi connectivity index (χ3v) is 1.58. The van der Waals surface area contributed by atoms with Crippen LogP contribution in [0.2, 0.25) is 0 Å². The lowest BCUT2D eigenvalue weighted by atomic mass is 10.2. The Kier molecular flexibility index (Phi) is 1.86. The van der Waals surface area contributed by atoms with Crippen LogP contribution in [-0.2, 0) is 4.74 Å². The molecule has 0 amide bonds. The van der Waals surface area contributed by atoms with Gasteiger partial charge in [0.15, 0.2) is 6.10 Å². The summed E-state index contributed by atoms with van der Waals surface area (Å²) in [7, 11) is 0. The molecule has 0 aliphatic carbocycles. The molecular formula is C9H8N2O. The molecule has 0 radical (unpaired) electrons. The molecule has 1 aromatic heterocycles. The van der Waals surface area contributed by atoms with E-state index in [9.17, 15) is 0 Å². The monoisotopic (exact) mass is 160 g/mol. The molecular weight excluding hydrogens is 152 g/mol. The fourth-order valence-corrected chi connectivity index (χ4v) is 1.01. The van der Waals surface area contributed by atoms with Crippen LogP contribution in [0, 0.1) is 0 Å². The minimum atomic E-state index is -0.0799. The average molecular weight is 160 g/mol. The molecule has 60 valence electrons. The van der Waals surface area contributed by atoms with Crippen LogP contribution in [0.15, 0.2) is 43.1 Å². The van der Waals surface area contributed by atoms with Gasteiger partial charge >= 0.3 is 0 Å². The lowest BCUT2D eigenvalue weighted by molar-refractivity contribution is 0.182. The van der Waals surface area contributed by atoms with E-state index in [1.807, 2.05) is 18.2 Å². The molecule has 0 spiro atoms. The molecule has 0 fully saturated rings. The van der Waals surface area contributed by atoms with Gasteiger partial charge in [0.05, 0.1) is 12.5 Å². The van der Waals surface area contributed by atoms with E-state index in [1.165, 1.54) is 0 Å². The lowest BCUT2D eigenvalue weighted by Gasteiger charge is -2.12. The van der Waals surface area contributed by atoms with Gasteiger partial charge in [0.25, 0.3) is 0 Å². The van der Waals surface area contributed by atoms with E-state index < -0.39 is 0 Å². The quantitative estimate of drug-likeness (QED) is 0.626. The Morgan fingerprint density at radius 3 is 2.92 bits per heavy atom. The Morgan fingerprint density at radius 2 is 2.25 bits per heavy atom. The fraction of sp³-hybridized carbons (Fsp3) is 0.111. The Balaban J connectivity index is 2.21. The van der Waals surface area contributed by atoms with Crippen LogP contribution < -0.4 is 0 Å². The lowest BCUT2D eigenvalue weighted by Crippen LogP contribution is -2.01. The normalized spacial score (nSPS) is 20.5. The summed E-state index contributed by atoms with van der Waals surface area (Å²) in [5.74, 6) is 0. The van der Waals surface area contributed by atoms with Crippen LogP contribution in [-0.4, -0.2) is 9.97 Å². The van der Waals surface area contributed by atoms with Crippen LogP contribution in [0.25, 0.3) is 0 Å². The molecule has 3 heteroatoms. The molecule has 0 saturated heterocycles. The van der Waals surface area contributed by atoms with Gasteiger partial charge in [-0.25, -0.2) is 0 Å². The number of allylic oxidation sites excluding steroid dienone is 2. The van der Waals surface area contributed by atoms with Gasteiger partial charge in [0.2, 0.25) is 0 Å². The third-order valence-electron chi connectivity index (χ3n) is 1.58. The predicted octanol–water partition coefficient (Wildman–Crippen LogP) is 1.62. The molecule has 0 aromatic carbocycles. The van der Waals surface area contributed by atoms with Crippen molar-refractivity contribution in [2.75, 3.05) is 0 Å². The summed E-state index contributed by atoms with van der Waals surface area (Å²) in [6.45, 7) is 0. The SMILES string of the molecule is C1=COC(c2cnccn2)C=C1. The Bertz CT molecular complexity index is 306. The minimum absolute atomic E-state index is 0.0799. The van der Waals surface area contributed by atoms with Crippen LogP contribution in [0.3, 0.4) is 0 Å². The van der Waals surface area contributed by atoms with Gasteiger partial charge in [-0.15, -0.1) is 0 Å². The molecule has 1 atom stereocenters. The van der Waals surface area contributed by atoms with Crippen LogP contribution >= 0.6 is 0 Å². The van der Waals surface area contributed by atoms with Crippen LogP contribution in [0.4, 0.5) is 0 Å². The summed E-state index contributed by atoms with van der Waals surface area (Å²) in [5, 5.41) is 0. The average Bonchev–Trinajstić information content (AvgIpc) is 2.21. The second-order valence-electron chi connectivity index (χ2n) is 2.40. The highest BCUT2D eigenvalue weighted by Crippen LogP contribution is 2.18.